The Labute approximate surface area is 112 Å². The Morgan fingerprint density at radius 1 is 1.37 bits per heavy atom. The van der Waals surface area contributed by atoms with E-state index in [4.69, 9.17) is 0 Å². The molecular formula is C15H18N2O2. The van der Waals surface area contributed by atoms with Gasteiger partial charge in [-0.3, -0.25) is 9.59 Å². The second-order valence-electron chi connectivity index (χ2n) is 5.38. The summed E-state index contributed by atoms with van der Waals surface area (Å²) in [5, 5.41) is 2.76. The summed E-state index contributed by atoms with van der Waals surface area (Å²) in [6.45, 7) is 2.82. The smallest absolute Gasteiger partial charge is 0.249 e. The summed E-state index contributed by atoms with van der Waals surface area (Å²) < 4.78 is 0. The van der Waals surface area contributed by atoms with Gasteiger partial charge in [0.1, 0.15) is 6.04 Å². The number of carbonyl (C=O) groups is 2. The molecule has 3 rings (SSSR count). The molecule has 19 heavy (non-hydrogen) atoms. The first-order valence-electron chi connectivity index (χ1n) is 6.85. The van der Waals surface area contributed by atoms with Crippen molar-refractivity contribution in [1.82, 2.24) is 5.32 Å². The van der Waals surface area contributed by atoms with E-state index in [9.17, 15) is 9.59 Å². The van der Waals surface area contributed by atoms with E-state index in [-0.39, 0.29) is 17.9 Å². The zero-order valence-corrected chi connectivity index (χ0v) is 11.1. The van der Waals surface area contributed by atoms with Gasteiger partial charge in [-0.05, 0) is 37.8 Å². The highest BCUT2D eigenvalue weighted by atomic mass is 16.2. The first kappa shape index (κ1) is 12.2. The Balaban J connectivity index is 1.87. The third-order valence-electron chi connectivity index (χ3n) is 3.91. The number of benzene rings is 1. The molecular weight excluding hydrogens is 240 g/mol. The van der Waals surface area contributed by atoms with Crippen LogP contribution in [0.4, 0.5) is 5.69 Å². The summed E-state index contributed by atoms with van der Waals surface area (Å²) in [6, 6.07) is 5.89. The van der Waals surface area contributed by atoms with Crippen LogP contribution >= 0.6 is 0 Å². The van der Waals surface area contributed by atoms with Crippen LogP contribution in [-0.4, -0.2) is 24.4 Å². The van der Waals surface area contributed by atoms with Crippen molar-refractivity contribution < 1.29 is 9.59 Å². The highest BCUT2D eigenvalue weighted by Gasteiger charge is 2.33. The zero-order chi connectivity index (χ0) is 13.4. The highest BCUT2D eigenvalue weighted by Crippen LogP contribution is 2.29. The molecule has 0 radical (unpaired) electrons. The summed E-state index contributed by atoms with van der Waals surface area (Å²) >= 11 is 0. The van der Waals surface area contributed by atoms with E-state index >= 15 is 0 Å². The van der Waals surface area contributed by atoms with Crippen molar-refractivity contribution in [1.29, 1.82) is 0 Å². The van der Waals surface area contributed by atoms with Gasteiger partial charge in [0, 0.05) is 18.7 Å². The number of amides is 2. The summed E-state index contributed by atoms with van der Waals surface area (Å²) in [6.07, 6.45) is 3.10. The number of fused-ring (bicyclic) bond motifs is 1. The molecule has 2 heterocycles. The molecule has 1 aromatic rings. The normalized spacial score (nSPS) is 22.1. The first-order chi connectivity index (χ1) is 9.15. The molecule has 1 unspecified atom stereocenters. The van der Waals surface area contributed by atoms with Gasteiger partial charge in [-0.25, -0.2) is 0 Å². The molecule has 100 valence electrons. The maximum Gasteiger partial charge on any atom is 0.249 e. The Bertz CT molecular complexity index is 539. The molecule has 1 aromatic carbocycles. The van der Waals surface area contributed by atoms with Crippen LogP contribution in [0.15, 0.2) is 18.2 Å². The fraction of sp³-hybridized carbons (Fsp3) is 0.467. The second kappa shape index (κ2) is 4.68. The van der Waals surface area contributed by atoms with Gasteiger partial charge in [-0.2, -0.15) is 0 Å². The van der Waals surface area contributed by atoms with Crippen LogP contribution in [0, 0.1) is 6.92 Å². The van der Waals surface area contributed by atoms with Crippen molar-refractivity contribution in [2.45, 2.75) is 38.6 Å². The minimum absolute atomic E-state index is 0.0144. The Kier molecular flexibility index (Phi) is 3.01. The van der Waals surface area contributed by atoms with Crippen molar-refractivity contribution in [3.05, 3.63) is 29.3 Å². The summed E-state index contributed by atoms with van der Waals surface area (Å²) in [5.74, 6) is 0.0233. The lowest BCUT2D eigenvalue weighted by atomic mass is 9.98. The molecule has 2 aliphatic rings. The number of nitrogens with one attached hydrogen (secondary N) is 1. The zero-order valence-electron chi connectivity index (χ0n) is 11.1. The maximum atomic E-state index is 12.5. The molecule has 4 nitrogen and oxygen atoms in total. The number of hydrogen-bond acceptors (Lipinski definition) is 2. The van der Waals surface area contributed by atoms with Gasteiger partial charge in [-0.15, -0.1) is 0 Å². The van der Waals surface area contributed by atoms with Crippen molar-refractivity contribution in [3.63, 3.8) is 0 Å². The number of nitrogens with zero attached hydrogens (tertiary/aromatic N) is 1. The largest absolute Gasteiger partial charge is 0.344 e. The van der Waals surface area contributed by atoms with Crippen LogP contribution in [-0.2, 0) is 16.0 Å². The highest BCUT2D eigenvalue weighted by molar-refractivity contribution is 6.01. The van der Waals surface area contributed by atoms with E-state index in [1.54, 1.807) is 0 Å². The number of aryl methyl sites for hydroxylation is 2. The molecule has 0 aromatic heterocycles. The standard InChI is InChI=1S/C15H18N2O2/c1-10-4-6-13-11(9-10)3-2-8-17(13)15(19)12-5-7-14(18)16-12/h4,6,9,12H,2-3,5,7-8H2,1H3,(H,16,18). The lowest BCUT2D eigenvalue weighted by Gasteiger charge is -2.31. The van der Waals surface area contributed by atoms with Crippen LogP contribution in [0.3, 0.4) is 0 Å². The minimum Gasteiger partial charge on any atom is -0.344 e. The fourth-order valence-corrected chi connectivity index (χ4v) is 2.94. The second-order valence-corrected chi connectivity index (χ2v) is 5.38. The van der Waals surface area contributed by atoms with E-state index in [1.165, 1.54) is 11.1 Å². The van der Waals surface area contributed by atoms with Crippen LogP contribution < -0.4 is 10.2 Å². The summed E-state index contributed by atoms with van der Waals surface area (Å²) in [7, 11) is 0. The summed E-state index contributed by atoms with van der Waals surface area (Å²) in [5.41, 5.74) is 3.48. The SMILES string of the molecule is Cc1ccc2c(c1)CCCN2C(=O)C1CCC(=O)N1. The van der Waals surface area contributed by atoms with Crippen LogP contribution in [0.5, 0.6) is 0 Å². The van der Waals surface area contributed by atoms with Gasteiger partial charge in [-0.1, -0.05) is 17.7 Å². The number of anilines is 1. The molecule has 1 atom stereocenters. The minimum atomic E-state index is -0.334. The quantitative estimate of drug-likeness (QED) is 0.831. The van der Waals surface area contributed by atoms with Crippen molar-refractivity contribution >= 4 is 17.5 Å². The van der Waals surface area contributed by atoms with Crippen LogP contribution in [0.1, 0.15) is 30.4 Å². The van der Waals surface area contributed by atoms with E-state index in [0.29, 0.717) is 12.8 Å². The summed E-state index contributed by atoms with van der Waals surface area (Å²) in [4.78, 5) is 25.6. The molecule has 1 fully saturated rings. The maximum absolute atomic E-state index is 12.5. The Hall–Kier alpha value is -1.84. The van der Waals surface area contributed by atoms with Crippen molar-refractivity contribution in [2.75, 3.05) is 11.4 Å². The topological polar surface area (TPSA) is 49.4 Å². The predicted octanol–water partition coefficient (Wildman–Crippen LogP) is 1.55. The molecule has 0 aliphatic carbocycles. The number of hydrogen-bond donors (Lipinski definition) is 1. The monoisotopic (exact) mass is 258 g/mol. The molecule has 1 saturated heterocycles. The molecule has 2 amide bonds. The number of rotatable bonds is 1. The lowest BCUT2D eigenvalue weighted by Crippen LogP contribution is -2.46. The third-order valence-corrected chi connectivity index (χ3v) is 3.91. The van der Waals surface area contributed by atoms with Gasteiger partial charge in [0.05, 0.1) is 0 Å². The molecule has 1 N–H and O–H groups in total. The predicted molar refractivity (Wildman–Crippen MR) is 73.0 cm³/mol. The average Bonchev–Trinajstić information content (AvgIpc) is 2.83. The van der Waals surface area contributed by atoms with Crippen LogP contribution in [0.25, 0.3) is 0 Å². The molecule has 4 heteroatoms. The van der Waals surface area contributed by atoms with E-state index in [2.05, 4.69) is 18.3 Å². The van der Waals surface area contributed by atoms with E-state index in [0.717, 1.165) is 25.1 Å². The lowest BCUT2D eigenvalue weighted by molar-refractivity contribution is -0.124. The van der Waals surface area contributed by atoms with E-state index < -0.39 is 0 Å². The van der Waals surface area contributed by atoms with Gasteiger partial charge in [0.2, 0.25) is 11.8 Å². The van der Waals surface area contributed by atoms with Crippen molar-refractivity contribution in [2.24, 2.45) is 0 Å². The first-order valence-corrected chi connectivity index (χ1v) is 6.85. The van der Waals surface area contributed by atoms with Gasteiger partial charge >= 0.3 is 0 Å². The van der Waals surface area contributed by atoms with Crippen molar-refractivity contribution in [3.8, 4) is 0 Å². The van der Waals surface area contributed by atoms with Gasteiger partial charge in [0.15, 0.2) is 0 Å². The average molecular weight is 258 g/mol. The van der Waals surface area contributed by atoms with Crippen LogP contribution in [0.2, 0.25) is 0 Å². The van der Waals surface area contributed by atoms with Gasteiger partial charge in [0.25, 0.3) is 0 Å². The molecule has 0 spiro atoms. The fourth-order valence-electron chi connectivity index (χ4n) is 2.94. The third kappa shape index (κ3) is 2.23. The Morgan fingerprint density at radius 2 is 2.21 bits per heavy atom. The molecule has 0 saturated carbocycles. The Morgan fingerprint density at radius 3 is 2.95 bits per heavy atom. The molecule has 0 bridgehead atoms. The van der Waals surface area contributed by atoms with Gasteiger partial charge < -0.3 is 10.2 Å². The van der Waals surface area contributed by atoms with E-state index in [1.807, 2.05) is 17.0 Å². The number of carbonyl (C=O) groups excluding carboxylic acids is 2. The molecule has 2 aliphatic heterocycles.